The van der Waals surface area contributed by atoms with Crippen molar-refractivity contribution in [2.75, 3.05) is 34.3 Å². The van der Waals surface area contributed by atoms with Gasteiger partial charge in [-0.2, -0.15) is 0 Å². The van der Waals surface area contributed by atoms with Crippen molar-refractivity contribution in [1.29, 1.82) is 0 Å². The summed E-state index contributed by atoms with van der Waals surface area (Å²) < 4.78 is 19.1. The molecule has 0 radical (unpaired) electrons. The molecule has 6 heteroatoms. The quantitative estimate of drug-likeness (QED) is 0.817. The number of amides is 1. The van der Waals surface area contributed by atoms with Crippen LogP contribution in [0.5, 0.6) is 0 Å². The molecular weight excluding hydrogens is 273 g/mol. The molecular formula is C15H22FN3O2. The van der Waals surface area contributed by atoms with Crippen molar-refractivity contribution < 1.29 is 13.9 Å². The van der Waals surface area contributed by atoms with Gasteiger partial charge >= 0.3 is 0 Å². The van der Waals surface area contributed by atoms with Gasteiger partial charge in [0, 0.05) is 59.4 Å². The van der Waals surface area contributed by atoms with E-state index in [1.165, 1.54) is 6.07 Å². The maximum absolute atomic E-state index is 13.7. The first kappa shape index (κ1) is 15.9. The summed E-state index contributed by atoms with van der Waals surface area (Å²) in [6.07, 6.45) is 2.04. The Morgan fingerprint density at radius 2 is 2.29 bits per heavy atom. The smallest absolute Gasteiger partial charge is 0.222 e. The number of ether oxygens (including phenoxy) is 1. The number of nitrogens with zero attached hydrogens (tertiary/aromatic N) is 3. The largest absolute Gasteiger partial charge is 0.380 e. The van der Waals surface area contributed by atoms with E-state index in [4.69, 9.17) is 4.74 Å². The molecule has 1 fully saturated rings. The zero-order valence-electron chi connectivity index (χ0n) is 12.8. The van der Waals surface area contributed by atoms with Gasteiger partial charge in [-0.25, -0.2) is 4.39 Å². The number of methoxy groups -OCH3 is 1. The minimum atomic E-state index is -0.292. The first-order chi connectivity index (χ1) is 10.0. The highest BCUT2D eigenvalue weighted by Gasteiger charge is 2.34. The lowest BCUT2D eigenvalue weighted by Gasteiger charge is -2.18. The van der Waals surface area contributed by atoms with Gasteiger partial charge in [0.1, 0.15) is 5.82 Å². The maximum Gasteiger partial charge on any atom is 0.222 e. The second-order valence-electron chi connectivity index (χ2n) is 5.65. The molecule has 0 saturated carbocycles. The number of hydrogen-bond acceptors (Lipinski definition) is 4. The van der Waals surface area contributed by atoms with E-state index in [0.717, 1.165) is 0 Å². The summed E-state index contributed by atoms with van der Waals surface area (Å²) in [5.74, 6) is -0.0659. The Labute approximate surface area is 124 Å². The van der Waals surface area contributed by atoms with Gasteiger partial charge < -0.3 is 9.64 Å². The Balaban J connectivity index is 1.98. The third kappa shape index (κ3) is 3.98. The number of carbonyl (C=O) groups is 1. The Morgan fingerprint density at radius 3 is 2.90 bits per heavy atom. The van der Waals surface area contributed by atoms with E-state index in [2.05, 4.69) is 9.88 Å². The Hall–Kier alpha value is -1.53. The number of rotatable bonds is 5. The zero-order chi connectivity index (χ0) is 15.4. The molecule has 2 rings (SSSR count). The van der Waals surface area contributed by atoms with Crippen LogP contribution in [-0.2, 0) is 16.1 Å². The van der Waals surface area contributed by atoms with E-state index in [9.17, 15) is 9.18 Å². The molecule has 116 valence electrons. The predicted octanol–water partition coefficient (Wildman–Crippen LogP) is 1.15. The molecule has 1 aromatic rings. The second kappa shape index (κ2) is 6.95. The van der Waals surface area contributed by atoms with Gasteiger partial charge in [0.15, 0.2) is 0 Å². The van der Waals surface area contributed by atoms with Crippen molar-refractivity contribution in [2.24, 2.45) is 5.92 Å². The number of pyridine rings is 1. The van der Waals surface area contributed by atoms with E-state index in [-0.39, 0.29) is 23.7 Å². The number of likely N-dealkylation sites (tertiary alicyclic amines) is 1. The van der Waals surface area contributed by atoms with Crippen LogP contribution in [0.4, 0.5) is 4.39 Å². The molecule has 1 aliphatic heterocycles. The molecule has 5 nitrogen and oxygen atoms in total. The number of hydrogen-bond donors (Lipinski definition) is 0. The van der Waals surface area contributed by atoms with Crippen molar-refractivity contribution in [2.45, 2.75) is 19.1 Å². The lowest BCUT2D eigenvalue weighted by atomic mass is 10.0. The summed E-state index contributed by atoms with van der Waals surface area (Å²) in [5, 5.41) is 0. The van der Waals surface area contributed by atoms with Crippen molar-refractivity contribution in [1.82, 2.24) is 14.8 Å². The first-order valence-electron chi connectivity index (χ1n) is 7.06. The minimum Gasteiger partial charge on any atom is -0.380 e. The van der Waals surface area contributed by atoms with Crippen LogP contribution in [0.3, 0.4) is 0 Å². The van der Waals surface area contributed by atoms with Gasteiger partial charge in [0.25, 0.3) is 0 Å². The number of halogens is 1. The second-order valence-corrected chi connectivity index (χ2v) is 5.65. The molecule has 1 saturated heterocycles. The van der Waals surface area contributed by atoms with Crippen LogP contribution in [0.1, 0.15) is 12.1 Å². The fraction of sp³-hybridized carbons (Fsp3) is 0.600. The third-order valence-electron chi connectivity index (χ3n) is 3.90. The summed E-state index contributed by atoms with van der Waals surface area (Å²) in [6, 6.07) is 3.00. The summed E-state index contributed by atoms with van der Waals surface area (Å²) in [4.78, 5) is 19.6. The summed E-state index contributed by atoms with van der Waals surface area (Å²) in [7, 11) is 5.16. The summed E-state index contributed by atoms with van der Waals surface area (Å²) in [6.45, 7) is 1.85. The molecule has 0 aromatic carbocycles. The van der Waals surface area contributed by atoms with Gasteiger partial charge in [-0.3, -0.25) is 14.7 Å². The predicted molar refractivity (Wildman–Crippen MR) is 77.1 cm³/mol. The molecule has 21 heavy (non-hydrogen) atoms. The SMILES string of the molecule is CO[C@H]1CN(Cc2ncccc2F)C[C@H]1CC(=O)N(C)C. The fourth-order valence-electron chi connectivity index (χ4n) is 2.67. The van der Waals surface area contributed by atoms with Crippen molar-refractivity contribution >= 4 is 5.91 Å². The van der Waals surface area contributed by atoms with Crippen LogP contribution in [0.2, 0.25) is 0 Å². The third-order valence-corrected chi connectivity index (χ3v) is 3.90. The number of aromatic nitrogens is 1. The molecule has 2 heterocycles. The molecule has 1 amide bonds. The fourth-order valence-corrected chi connectivity index (χ4v) is 2.67. The van der Waals surface area contributed by atoms with Crippen LogP contribution in [0.15, 0.2) is 18.3 Å². The van der Waals surface area contributed by atoms with Crippen LogP contribution in [-0.4, -0.2) is 61.1 Å². The molecule has 2 atom stereocenters. The highest BCUT2D eigenvalue weighted by atomic mass is 19.1. The van der Waals surface area contributed by atoms with E-state index in [1.807, 2.05) is 0 Å². The maximum atomic E-state index is 13.7. The topological polar surface area (TPSA) is 45.7 Å². The van der Waals surface area contributed by atoms with E-state index in [0.29, 0.717) is 31.7 Å². The van der Waals surface area contributed by atoms with Crippen LogP contribution in [0, 0.1) is 11.7 Å². The monoisotopic (exact) mass is 295 g/mol. The molecule has 0 N–H and O–H groups in total. The van der Waals surface area contributed by atoms with Gasteiger partial charge in [-0.15, -0.1) is 0 Å². The lowest BCUT2D eigenvalue weighted by Crippen LogP contribution is -2.29. The van der Waals surface area contributed by atoms with Crippen molar-refractivity contribution in [3.05, 3.63) is 29.8 Å². The minimum absolute atomic E-state index is 0.000624. The highest BCUT2D eigenvalue weighted by Crippen LogP contribution is 2.24. The van der Waals surface area contributed by atoms with Crippen LogP contribution >= 0.6 is 0 Å². The van der Waals surface area contributed by atoms with Gasteiger partial charge in [0.2, 0.25) is 5.91 Å². The highest BCUT2D eigenvalue weighted by molar-refractivity contribution is 5.75. The first-order valence-corrected chi connectivity index (χ1v) is 7.06. The molecule has 0 aliphatic carbocycles. The molecule has 1 aliphatic rings. The van der Waals surface area contributed by atoms with Gasteiger partial charge in [-0.1, -0.05) is 0 Å². The molecule has 1 aromatic heterocycles. The molecule has 0 bridgehead atoms. The lowest BCUT2D eigenvalue weighted by molar-refractivity contribution is -0.130. The van der Waals surface area contributed by atoms with Gasteiger partial charge in [-0.05, 0) is 12.1 Å². The Morgan fingerprint density at radius 1 is 1.52 bits per heavy atom. The zero-order valence-corrected chi connectivity index (χ0v) is 12.8. The average Bonchev–Trinajstić information content (AvgIpc) is 2.83. The van der Waals surface area contributed by atoms with E-state index < -0.39 is 0 Å². The van der Waals surface area contributed by atoms with Crippen molar-refractivity contribution in [3.63, 3.8) is 0 Å². The Bertz CT molecular complexity index is 496. The normalized spacial score (nSPS) is 22.5. The Kier molecular flexibility index (Phi) is 5.25. The van der Waals surface area contributed by atoms with Gasteiger partial charge in [0.05, 0.1) is 11.8 Å². The molecule has 0 spiro atoms. The van der Waals surface area contributed by atoms with E-state index in [1.54, 1.807) is 38.4 Å². The average molecular weight is 295 g/mol. The van der Waals surface area contributed by atoms with Crippen LogP contribution < -0.4 is 0 Å². The van der Waals surface area contributed by atoms with Crippen molar-refractivity contribution in [3.8, 4) is 0 Å². The number of carbonyl (C=O) groups excluding carboxylic acids is 1. The summed E-state index contributed by atoms with van der Waals surface area (Å²) in [5.41, 5.74) is 0.437. The molecule has 0 unspecified atom stereocenters. The standard InChI is InChI=1S/C15H22FN3O2/c1-18(2)15(20)7-11-8-19(10-14(11)21-3)9-13-12(16)5-4-6-17-13/h4-6,11,14H,7-10H2,1-3H3/t11-,14+/m1/s1. The van der Waals surface area contributed by atoms with Crippen LogP contribution in [0.25, 0.3) is 0 Å². The van der Waals surface area contributed by atoms with E-state index >= 15 is 0 Å². The summed E-state index contributed by atoms with van der Waals surface area (Å²) >= 11 is 0.